The molecule has 174 valence electrons. The topological polar surface area (TPSA) is 59.8 Å². The number of rotatable bonds is 9. The zero-order valence-electron chi connectivity index (χ0n) is 19.0. The van der Waals surface area contributed by atoms with Crippen LogP contribution in [0.25, 0.3) is 11.3 Å². The number of hydrogen-bond donors (Lipinski definition) is 1. The lowest BCUT2D eigenvalue weighted by Crippen LogP contribution is -2.23. The van der Waals surface area contributed by atoms with Gasteiger partial charge in [0.2, 0.25) is 0 Å². The predicted molar refractivity (Wildman–Crippen MR) is 142 cm³/mol. The van der Waals surface area contributed by atoms with Gasteiger partial charge in [0.1, 0.15) is 0 Å². The molecule has 7 heteroatoms. The zero-order valence-corrected chi connectivity index (χ0v) is 20.6. The maximum absolute atomic E-state index is 13.2. The van der Waals surface area contributed by atoms with Gasteiger partial charge in [-0.1, -0.05) is 72.8 Å². The van der Waals surface area contributed by atoms with E-state index in [1.54, 1.807) is 23.1 Å². The standard InChI is InChI=1S/C28H24N4OS2/c33-28(25-13-7-8-14-26(25)35-19-24-18-34-20-30-24)29-15-23-17-32(16-21-9-3-1-4-10-21)31-27(23)22-11-5-2-6-12-22/h1-14,17-18,20H,15-16,19H2,(H,29,33). The van der Waals surface area contributed by atoms with Gasteiger partial charge in [0, 0.05) is 39.9 Å². The number of carbonyl (C=O) groups is 1. The Bertz CT molecular complexity index is 1380. The van der Waals surface area contributed by atoms with Crippen molar-refractivity contribution in [1.29, 1.82) is 0 Å². The molecule has 1 N–H and O–H groups in total. The average Bonchev–Trinajstić information content (AvgIpc) is 3.57. The average molecular weight is 497 g/mol. The fourth-order valence-electron chi connectivity index (χ4n) is 3.79. The summed E-state index contributed by atoms with van der Waals surface area (Å²) in [7, 11) is 0. The van der Waals surface area contributed by atoms with Crippen LogP contribution in [0, 0.1) is 0 Å². The van der Waals surface area contributed by atoms with Crippen molar-refractivity contribution in [1.82, 2.24) is 20.1 Å². The smallest absolute Gasteiger partial charge is 0.252 e. The highest BCUT2D eigenvalue weighted by Gasteiger charge is 2.15. The molecule has 0 radical (unpaired) electrons. The van der Waals surface area contributed by atoms with Crippen LogP contribution in [0.2, 0.25) is 0 Å². The highest BCUT2D eigenvalue weighted by molar-refractivity contribution is 7.98. The first-order valence-corrected chi connectivity index (χ1v) is 13.2. The van der Waals surface area contributed by atoms with Gasteiger partial charge in [0.15, 0.2) is 0 Å². The highest BCUT2D eigenvalue weighted by Crippen LogP contribution is 2.27. The molecule has 0 atom stereocenters. The number of nitrogens with one attached hydrogen (secondary N) is 1. The number of carbonyl (C=O) groups excluding carboxylic acids is 1. The molecule has 0 bridgehead atoms. The second kappa shape index (κ2) is 11.2. The van der Waals surface area contributed by atoms with Gasteiger partial charge < -0.3 is 5.32 Å². The lowest BCUT2D eigenvalue weighted by molar-refractivity contribution is 0.0948. The van der Waals surface area contributed by atoms with E-state index in [1.807, 2.05) is 94.6 Å². The van der Waals surface area contributed by atoms with E-state index < -0.39 is 0 Å². The van der Waals surface area contributed by atoms with E-state index in [0.717, 1.165) is 33.2 Å². The number of benzene rings is 3. The fourth-order valence-corrected chi connectivity index (χ4v) is 5.41. The van der Waals surface area contributed by atoms with Gasteiger partial charge >= 0.3 is 0 Å². The van der Waals surface area contributed by atoms with Crippen LogP contribution in [0.4, 0.5) is 0 Å². The summed E-state index contributed by atoms with van der Waals surface area (Å²) in [5, 5.41) is 10.0. The molecule has 2 heterocycles. The van der Waals surface area contributed by atoms with Crippen LogP contribution < -0.4 is 5.32 Å². The highest BCUT2D eigenvalue weighted by atomic mass is 32.2. The molecule has 5 rings (SSSR count). The van der Waals surface area contributed by atoms with E-state index in [2.05, 4.69) is 22.4 Å². The van der Waals surface area contributed by atoms with E-state index >= 15 is 0 Å². The Labute approximate surface area is 212 Å². The molecule has 0 aliphatic heterocycles. The van der Waals surface area contributed by atoms with E-state index in [9.17, 15) is 4.79 Å². The normalized spacial score (nSPS) is 10.9. The van der Waals surface area contributed by atoms with Gasteiger partial charge in [-0.25, -0.2) is 4.98 Å². The van der Waals surface area contributed by atoms with Crippen molar-refractivity contribution in [3.8, 4) is 11.3 Å². The molecule has 0 aliphatic rings. The largest absolute Gasteiger partial charge is 0.348 e. The molecule has 0 spiro atoms. The molecule has 5 aromatic rings. The summed E-state index contributed by atoms with van der Waals surface area (Å²) in [6.07, 6.45) is 2.03. The lowest BCUT2D eigenvalue weighted by Gasteiger charge is -2.10. The van der Waals surface area contributed by atoms with Gasteiger partial charge in [-0.2, -0.15) is 5.10 Å². The second-order valence-electron chi connectivity index (χ2n) is 8.00. The Kier molecular flexibility index (Phi) is 7.36. The molecule has 0 fully saturated rings. The summed E-state index contributed by atoms with van der Waals surface area (Å²) in [4.78, 5) is 18.5. The molecule has 0 aliphatic carbocycles. The van der Waals surface area contributed by atoms with Gasteiger partial charge in [-0.15, -0.1) is 23.1 Å². The minimum Gasteiger partial charge on any atom is -0.348 e. The molecule has 0 saturated carbocycles. The van der Waals surface area contributed by atoms with Crippen molar-refractivity contribution < 1.29 is 4.79 Å². The van der Waals surface area contributed by atoms with E-state index in [0.29, 0.717) is 18.7 Å². The molecule has 35 heavy (non-hydrogen) atoms. The van der Waals surface area contributed by atoms with Crippen molar-refractivity contribution in [2.24, 2.45) is 0 Å². The van der Waals surface area contributed by atoms with Crippen LogP contribution in [0.3, 0.4) is 0 Å². The van der Waals surface area contributed by atoms with Crippen LogP contribution in [-0.2, 0) is 18.8 Å². The lowest BCUT2D eigenvalue weighted by atomic mass is 10.1. The van der Waals surface area contributed by atoms with Gasteiger partial charge in [0.25, 0.3) is 5.91 Å². The number of amides is 1. The maximum Gasteiger partial charge on any atom is 0.252 e. The molecule has 5 nitrogen and oxygen atoms in total. The molecule has 3 aromatic carbocycles. The van der Waals surface area contributed by atoms with Gasteiger partial charge in [0.05, 0.1) is 29.0 Å². The monoisotopic (exact) mass is 496 g/mol. The first-order valence-electron chi connectivity index (χ1n) is 11.3. The SMILES string of the molecule is O=C(NCc1cn(Cc2ccccc2)nc1-c1ccccc1)c1ccccc1SCc1cscn1. The van der Waals surface area contributed by atoms with Gasteiger partial charge in [-0.05, 0) is 17.7 Å². The van der Waals surface area contributed by atoms with E-state index in [-0.39, 0.29) is 5.91 Å². The van der Waals surface area contributed by atoms with Crippen LogP contribution in [0.5, 0.6) is 0 Å². The summed E-state index contributed by atoms with van der Waals surface area (Å²) < 4.78 is 1.94. The Morgan fingerprint density at radius 2 is 1.69 bits per heavy atom. The summed E-state index contributed by atoms with van der Waals surface area (Å²) in [5.74, 6) is 0.638. The second-order valence-corrected chi connectivity index (χ2v) is 9.74. The number of aromatic nitrogens is 3. The van der Waals surface area contributed by atoms with Crippen molar-refractivity contribution in [3.05, 3.63) is 124 Å². The Hall–Kier alpha value is -3.68. The first-order chi connectivity index (χ1) is 17.3. The fraction of sp³-hybridized carbons (Fsp3) is 0.107. The van der Waals surface area contributed by atoms with Crippen molar-refractivity contribution in [3.63, 3.8) is 0 Å². The van der Waals surface area contributed by atoms with E-state index in [1.165, 1.54) is 5.56 Å². The summed E-state index contributed by atoms with van der Waals surface area (Å²) in [6, 6.07) is 28.1. The van der Waals surface area contributed by atoms with Crippen molar-refractivity contribution in [2.75, 3.05) is 0 Å². The molecule has 0 saturated heterocycles. The number of nitrogens with zero attached hydrogens (tertiary/aromatic N) is 3. The predicted octanol–water partition coefficient (Wildman–Crippen LogP) is 6.28. The third-order valence-corrected chi connectivity index (χ3v) is 7.24. The molecular weight excluding hydrogens is 472 g/mol. The molecular formula is C28H24N4OS2. The maximum atomic E-state index is 13.2. The zero-order chi connectivity index (χ0) is 23.9. The number of hydrogen-bond acceptors (Lipinski definition) is 5. The van der Waals surface area contributed by atoms with Crippen LogP contribution >= 0.6 is 23.1 Å². The van der Waals surface area contributed by atoms with Crippen molar-refractivity contribution in [2.45, 2.75) is 23.7 Å². The summed E-state index contributed by atoms with van der Waals surface area (Å²) in [6.45, 7) is 1.06. The van der Waals surface area contributed by atoms with Crippen LogP contribution in [0.1, 0.15) is 27.2 Å². The third kappa shape index (κ3) is 5.88. The molecule has 2 aromatic heterocycles. The summed E-state index contributed by atoms with van der Waals surface area (Å²) in [5.41, 5.74) is 7.59. The Morgan fingerprint density at radius 3 is 2.46 bits per heavy atom. The first kappa shape index (κ1) is 23.1. The Morgan fingerprint density at radius 1 is 0.943 bits per heavy atom. The van der Waals surface area contributed by atoms with E-state index in [4.69, 9.17) is 5.10 Å². The minimum absolute atomic E-state index is 0.0961. The van der Waals surface area contributed by atoms with Gasteiger partial charge in [-0.3, -0.25) is 9.48 Å². The van der Waals surface area contributed by atoms with Crippen molar-refractivity contribution >= 4 is 29.0 Å². The van der Waals surface area contributed by atoms with Crippen LogP contribution in [-0.4, -0.2) is 20.7 Å². The Balaban J connectivity index is 1.34. The van der Waals surface area contributed by atoms with Crippen LogP contribution in [0.15, 0.2) is 107 Å². The molecule has 0 unspecified atom stereocenters. The quantitative estimate of drug-likeness (QED) is 0.244. The summed E-state index contributed by atoms with van der Waals surface area (Å²) >= 11 is 3.21. The molecule has 1 amide bonds. The minimum atomic E-state index is -0.0961. The number of thioether (sulfide) groups is 1. The third-order valence-electron chi connectivity index (χ3n) is 5.50. The number of thiazole rings is 1.